The van der Waals surface area contributed by atoms with Gasteiger partial charge in [-0.25, -0.2) is 4.79 Å². The molecular weight excluding hydrogens is 368 g/mol. The van der Waals surface area contributed by atoms with E-state index in [4.69, 9.17) is 9.47 Å². The average Bonchev–Trinajstić information content (AvgIpc) is 2.98. The van der Waals surface area contributed by atoms with Gasteiger partial charge in [0.05, 0.1) is 5.25 Å². The minimum Gasteiger partial charge on any atom is -0.490 e. The van der Waals surface area contributed by atoms with Crippen molar-refractivity contribution in [1.82, 2.24) is 5.32 Å². The van der Waals surface area contributed by atoms with Crippen LogP contribution in [-0.4, -0.2) is 35.7 Å². The van der Waals surface area contributed by atoms with E-state index in [1.54, 1.807) is 24.3 Å². The Bertz CT molecular complexity index is 811. The van der Waals surface area contributed by atoms with Crippen molar-refractivity contribution in [2.75, 3.05) is 18.5 Å². The molecule has 140 valence electrons. The molecule has 0 bridgehead atoms. The van der Waals surface area contributed by atoms with Crippen LogP contribution in [0.1, 0.15) is 5.56 Å². The largest absolute Gasteiger partial charge is 0.490 e. The molecule has 0 radical (unpaired) electrons. The van der Waals surface area contributed by atoms with Crippen molar-refractivity contribution in [2.24, 2.45) is 0 Å². The number of imide groups is 1. The molecule has 3 amide bonds. The highest BCUT2D eigenvalue weighted by Crippen LogP contribution is 2.23. The fourth-order valence-electron chi connectivity index (χ4n) is 2.43. The van der Waals surface area contributed by atoms with E-state index in [-0.39, 0.29) is 29.6 Å². The van der Waals surface area contributed by atoms with Crippen molar-refractivity contribution in [1.29, 1.82) is 0 Å². The third-order valence-corrected chi connectivity index (χ3v) is 4.70. The van der Waals surface area contributed by atoms with Crippen LogP contribution in [0.4, 0.5) is 15.3 Å². The third-order valence-electron chi connectivity index (χ3n) is 3.72. The quantitative estimate of drug-likeness (QED) is 0.710. The van der Waals surface area contributed by atoms with Gasteiger partial charge in [0.1, 0.15) is 19.0 Å². The number of hydrogen-bond donors (Lipinski definition) is 2. The maximum atomic E-state index is 11.6. The molecule has 0 spiro atoms. The number of anilines is 1. The van der Waals surface area contributed by atoms with Crippen LogP contribution in [0.3, 0.4) is 0 Å². The van der Waals surface area contributed by atoms with E-state index in [0.29, 0.717) is 17.9 Å². The summed E-state index contributed by atoms with van der Waals surface area (Å²) in [6, 6.07) is 16.3. The molecule has 0 aliphatic carbocycles. The zero-order chi connectivity index (χ0) is 19.1. The second-order valence-corrected chi connectivity index (χ2v) is 6.88. The Morgan fingerprint density at radius 2 is 1.78 bits per heavy atom. The lowest BCUT2D eigenvalue weighted by atomic mass is 10.1. The first kappa shape index (κ1) is 18.8. The number of amides is 3. The Morgan fingerprint density at radius 1 is 1.04 bits per heavy atom. The van der Waals surface area contributed by atoms with E-state index in [1.807, 2.05) is 30.3 Å². The molecule has 1 atom stereocenters. The first-order valence-corrected chi connectivity index (χ1v) is 9.20. The van der Waals surface area contributed by atoms with Gasteiger partial charge in [-0.2, -0.15) is 0 Å². The molecule has 0 saturated carbocycles. The molecule has 2 aromatic carbocycles. The number of thioether (sulfide) groups is 1. The highest BCUT2D eigenvalue weighted by Gasteiger charge is 2.31. The molecule has 8 heteroatoms. The molecule has 1 aliphatic rings. The number of rotatable bonds is 7. The maximum absolute atomic E-state index is 11.6. The standard InChI is InChI=1S/C19H18N2O5S/c22-17-16(27-19(24)21-17)12-13-6-8-15(9-7-13)25-10-11-26-18(23)20-14-4-2-1-3-5-14/h1-9,16H,10-12H2,(H,20,23)(H,21,22,24). The van der Waals surface area contributed by atoms with E-state index in [1.165, 1.54) is 0 Å². The first-order valence-electron chi connectivity index (χ1n) is 8.32. The molecule has 1 fully saturated rings. The summed E-state index contributed by atoms with van der Waals surface area (Å²) in [5.41, 5.74) is 1.60. The number of carbonyl (C=O) groups is 3. The topological polar surface area (TPSA) is 93.7 Å². The molecule has 27 heavy (non-hydrogen) atoms. The fraction of sp³-hybridized carbons (Fsp3) is 0.211. The van der Waals surface area contributed by atoms with Gasteiger partial charge in [0, 0.05) is 5.69 Å². The summed E-state index contributed by atoms with van der Waals surface area (Å²) < 4.78 is 10.6. The smallest absolute Gasteiger partial charge is 0.411 e. The molecule has 2 N–H and O–H groups in total. The van der Waals surface area contributed by atoms with Gasteiger partial charge in [0.25, 0.3) is 5.24 Å². The molecule has 3 rings (SSSR count). The molecule has 1 saturated heterocycles. The molecule has 1 heterocycles. The average molecular weight is 386 g/mol. The van der Waals surface area contributed by atoms with Gasteiger partial charge in [0.15, 0.2) is 0 Å². The van der Waals surface area contributed by atoms with E-state index in [9.17, 15) is 14.4 Å². The predicted molar refractivity (Wildman–Crippen MR) is 102 cm³/mol. The Labute approximate surface area is 160 Å². The van der Waals surface area contributed by atoms with Crippen molar-refractivity contribution in [3.63, 3.8) is 0 Å². The number of nitrogens with one attached hydrogen (secondary N) is 2. The minimum absolute atomic E-state index is 0.113. The highest BCUT2D eigenvalue weighted by atomic mass is 32.2. The number of para-hydroxylation sites is 1. The van der Waals surface area contributed by atoms with Crippen LogP contribution in [0.5, 0.6) is 5.75 Å². The van der Waals surface area contributed by atoms with Gasteiger partial charge in [0.2, 0.25) is 5.91 Å². The lowest BCUT2D eigenvalue weighted by Crippen LogP contribution is -2.25. The number of carbonyl (C=O) groups excluding carboxylic acids is 3. The molecule has 7 nitrogen and oxygen atoms in total. The first-order chi connectivity index (χ1) is 13.1. The van der Waals surface area contributed by atoms with Gasteiger partial charge in [-0.1, -0.05) is 42.1 Å². The number of hydrogen-bond acceptors (Lipinski definition) is 6. The number of ether oxygens (including phenoxy) is 2. The summed E-state index contributed by atoms with van der Waals surface area (Å²) in [5.74, 6) is 0.377. The van der Waals surface area contributed by atoms with Crippen LogP contribution in [0.15, 0.2) is 54.6 Å². The van der Waals surface area contributed by atoms with Crippen LogP contribution < -0.4 is 15.4 Å². The summed E-state index contributed by atoms with van der Waals surface area (Å²) in [6.45, 7) is 0.332. The van der Waals surface area contributed by atoms with Crippen molar-refractivity contribution in [2.45, 2.75) is 11.7 Å². The van der Waals surface area contributed by atoms with Gasteiger partial charge in [-0.15, -0.1) is 0 Å². The summed E-state index contributed by atoms with van der Waals surface area (Å²) in [6.07, 6.45) is -0.0623. The van der Waals surface area contributed by atoms with E-state index < -0.39 is 6.09 Å². The lowest BCUT2D eigenvalue weighted by molar-refractivity contribution is -0.118. The van der Waals surface area contributed by atoms with Crippen LogP contribution >= 0.6 is 11.8 Å². The van der Waals surface area contributed by atoms with Crippen LogP contribution in [0, 0.1) is 0 Å². The molecule has 1 unspecified atom stereocenters. The van der Waals surface area contributed by atoms with Gasteiger partial charge >= 0.3 is 6.09 Å². The second kappa shape index (κ2) is 9.09. The minimum atomic E-state index is -0.540. The Morgan fingerprint density at radius 3 is 2.44 bits per heavy atom. The van der Waals surface area contributed by atoms with Gasteiger partial charge in [-0.05, 0) is 36.2 Å². The van der Waals surface area contributed by atoms with Crippen molar-refractivity contribution >= 4 is 34.7 Å². The van der Waals surface area contributed by atoms with Crippen LogP contribution in [0.25, 0.3) is 0 Å². The molecule has 2 aromatic rings. The summed E-state index contributed by atoms with van der Waals surface area (Å²) in [4.78, 5) is 34.4. The summed E-state index contributed by atoms with van der Waals surface area (Å²) in [5, 5.41) is 4.19. The lowest BCUT2D eigenvalue weighted by Gasteiger charge is -2.10. The highest BCUT2D eigenvalue weighted by molar-refractivity contribution is 8.15. The van der Waals surface area contributed by atoms with Gasteiger partial charge < -0.3 is 9.47 Å². The van der Waals surface area contributed by atoms with E-state index in [0.717, 1.165) is 17.3 Å². The normalized spacial score (nSPS) is 15.9. The van der Waals surface area contributed by atoms with E-state index in [2.05, 4.69) is 10.6 Å². The molecular formula is C19H18N2O5S. The van der Waals surface area contributed by atoms with Crippen molar-refractivity contribution in [3.8, 4) is 5.75 Å². The van der Waals surface area contributed by atoms with E-state index >= 15 is 0 Å². The molecule has 1 aliphatic heterocycles. The number of benzene rings is 2. The third kappa shape index (κ3) is 5.75. The molecule has 0 aromatic heterocycles. The predicted octanol–water partition coefficient (Wildman–Crippen LogP) is 3.21. The zero-order valence-electron chi connectivity index (χ0n) is 14.3. The van der Waals surface area contributed by atoms with Crippen molar-refractivity contribution in [3.05, 3.63) is 60.2 Å². The van der Waals surface area contributed by atoms with Crippen molar-refractivity contribution < 1.29 is 23.9 Å². The van der Waals surface area contributed by atoms with Crippen LogP contribution in [-0.2, 0) is 16.0 Å². The fourth-order valence-corrected chi connectivity index (χ4v) is 3.29. The van der Waals surface area contributed by atoms with Gasteiger partial charge in [-0.3, -0.25) is 20.2 Å². The second-order valence-electron chi connectivity index (χ2n) is 5.71. The maximum Gasteiger partial charge on any atom is 0.411 e. The monoisotopic (exact) mass is 386 g/mol. The Kier molecular flexibility index (Phi) is 6.32. The van der Waals surface area contributed by atoms with Crippen LogP contribution in [0.2, 0.25) is 0 Å². The summed E-state index contributed by atoms with van der Waals surface area (Å²) in [7, 11) is 0. The summed E-state index contributed by atoms with van der Waals surface area (Å²) >= 11 is 1.01. The Balaban J connectivity index is 1.37. The zero-order valence-corrected chi connectivity index (χ0v) is 15.2. The SMILES string of the molecule is O=C(Nc1ccccc1)OCCOc1ccc(CC2SC(=O)NC2=O)cc1. The Hall–Kier alpha value is -3.00.